The minimum atomic E-state index is -0.742. The monoisotopic (exact) mass is 266 g/mol. The standard InChI is InChI=1S/C12H11FN2O2S/c1-7-10(18-6-15-7)5-14-12(17)11-8(13)3-2-4-9(11)16/h2-4,6,16H,5H2,1H3,(H,14,17). The number of nitrogens with zero attached hydrogens (tertiary/aromatic N) is 1. The van der Waals surface area contributed by atoms with E-state index in [1.807, 2.05) is 6.92 Å². The van der Waals surface area contributed by atoms with Crippen molar-refractivity contribution in [1.29, 1.82) is 0 Å². The smallest absolute Gasteiger partial charge is 0.258 e. The molecule has 0 fully saturated rings. The molecule has 0 radical (unpaired) electrons. The fraction of sp³-hybridized carbons (Fsp3) is 0.167. The van der Waals surface area contributed by atoms with Gasteiger partial charge in [-0.15, -0.1) is 11.3 Å². The zero-order valence-electron chi connectivity index (χ0n) is 9.61. The first-order valence-electron chi connectivity index (χ1n) is 5.24. The van der Waals surface area contributed by atoms with Gasteiger partial charge in [0.25, 0.3) is 5.91 Å². The molecule has 0 aliphatic carbocycles. The molecule has 0 saturated carbocycles. The number of rotatable bonds is 3. The topological polar surface area (TPSA) is 62.2 Å². The zero-order valence-corrected chi connectivity index (χ0v) is 10.4. The highest BCUT2D eigenvalue weighted by Gasteiger charge is 2.16. The van der Waals surface area contributed by atoms with Crippen LogP contribution >= 0.6 is 11.3 Å². The van der Waals surface area contributed by atoms with Crippen molar-refractivity contribution in [1.82, 2.24) is 10.3 Å². The van der Waals surface area contributed by atoms with E-state index in [0.29, 0.717) is 0 Å². The van der Waals surface area contributed by atoms with Crippen LogP contribution in [0.3, 0.4) is 0 Å². The summed E-state index contributed by atoms with van der Waals surface area (Å²) in [6.45, 7) is 2.10. The lowest BCUT2D eigenvalue weighted by molar-refractivity contribution is 0.0944. The lowest BCUT2D eigenvalue weighted by atomic mass is 10.1. The third-order valence-electron chi connectivity index (χ3n) is 2.47. The highest BCUT2D eigenvalue weighted by Crippen LogP contribution is 2.20. The number of hydrogen-bond acceptors (Lipinski definition) is 4. The molecule has 1 aromatic carbocycles. The van der Waals surface area contributed by atoms with Crippen molar-refractivity contribution in [2.45, 2.75) is 13.5 Å². The fourth-order valence-electron chi connectivity index (χ4n) is 1.48. The number of carbonyl (C=O) groups excluding carboxylic acids is 1. The summed E-state index contributed by atoms with van der Waals surface area (Å²) < 4.78 is 13.4. The Hall–Kier alpha value is -1.95. The molecule has 1 heterocycles. The Labute approximate surface area is 107 Å². The van der Waals surface area contributed by atoms with Gasteiger partial charge in [-0.25, -0.2) is 9.37 Å². The fourth-order valence-corrected chi connectivity index (χ4v) is 2.20. The summed E-state index contributed by atoms with van der Waals surface area (Å²) in [4.78, 5) is 16.7. The molecule has 18 heavy (non-hydrogen) atoms. The van der Waals surface area contributed by atoms with E-state index in [0.717, 1.165) is 16.6 Å². The number of halogens is 1. The molecular weight excluding hydrogens is 255 g/mol. The lowest BCUT2D eigenvalue weighted by Crippen LogP contribution is -2.23. The van der Waals surface area contributed by atoms with E-state index >= 15 is 0 Å². The summed E-state index contributed by atoms with van der Waals surface area (Å²) in [6.07, 6.45) is 0. The maximum absolute atomic E-state index is 13.4. The predicted octanol–water partition coefficient (Wildman–Crippen LogP) is 2.23. The Morgan fingerprint density at radius 2 is 2.33 bits per heavy atom. The number of nitrogens with one attached hydrogen (secondary N) is 1. The number of phenolic OH excluding ortho intramolecular Hbond substituents is 1. The second kappa shape index (κ2) is 5.14. The number of amides is 1. The van der Waals surface area contributed by atoms with Crippen molar-refractivity contribution < 1.29 is 14.3 Å². The number of aryl methyl sites for hydroxylation is 1. The highest BCUT2D eigenvalue weighted by molar-refractivity contribution is 7.09. The predicted molar refractivity (Wildman–Crippen MR) is 66.1 cm³/mol. The number of thiazole rings is 1. The van der Waals surface area contributed by atoms with Gasteiger partial charge in [-0.3, -0.25) is 4.79 Å². The maximum Gasteiger partial charge on any atom is 0.258 e. The molecule has 1 amide bonds. The molecule has 0 aliphatic rings. The largest absolute Gasteiger partial charge is 0.507 e. The number of phenols is 1. The minimum absolute atomic E-state index is 0.267. The lowest BCUT2D eigenvalue weighted by Gasteiger charge is -2.06. The SMILES string of the molecule is Cc1ncsc1CNC(=O)c1c(O)cccc1F. The van der Waals surface area contributed by atoms with Crippen LogP contribution in [0.2, 0.25) is 0 Å². The average Bonchev–Trinajstić information content (AvgIpc) is 2.72. The van der Waals surface area contributed by atoms with Crippen LogP contribution in [-0.2, 0) is 6.54 Å². The molecule has 2 rings (SSSR count). The van der Waals surface area contributed by atoms with E-state index in [9.17, 15) is 14.3 Å². The van der Waals surface area contributed by atoms with Crippen LogP contribution < -0.4 is 5.32 Å². The molecule has 2 N–H and O–H groups in total. The molecule has 2 aromatic rings. The van der Waals surface area contributed by atoms with Crippen molar-refractivity contribution in [3.05, 3.63) is 45.7 Å². The van der Waals surface area contributed by atoms with Gasteiger partial charge in [-0.1, -0.05) is 6.07 Å². The number of aromatic nitrogens is 1. The normalized spacial score (nSPS) is 10.3. The first kappa shape index (κ1) is 12.5. The summed E-state index contributed by atoms with van der Waals surface area (Å²) in [5.41, 5.74) is 2.18. The molecule has 4 nitrogen and oxygen atoms in total. The summed E-state index contributed by atoms with van der Waals surface area (Å²) in [5, 5.41) is 12.0. The van der Waals surface area contributed by atoms with Crippen molar-refractivity contribution >= 4 is 17.2 Å². The van der Waals surface area contributed by atoms with Crippen molar-refractivity contribution in [3.63, 3.8) is 0 Å². The van der Waals surface area contributed by atoms with E-state index in [4.69, 9.17) is 0 Å². The Balaban J connectivity index is 2.11. The second-order valence-corrected chi connectivity index (χ2v) is 4.62. The van der Waals surface area contributed by atoms with E-state index in [1.54, 1.807) is 5.51 Å². The van der Waals surface area contributed by atoms with Gasteiger partial charge < -0.3 is 10.4 Å². The van der Waals surface area contributed by atoms with Gasteiger partial charge in [-0.2, -0.15) is 0 Å². The summed E-state index contributed by atoms with van der Waals surface area (Å²) in [6, 6.07) is 3.75. The number of aromatic hydroxyl groups is 1. The molecule has 0 bridgehead atoms. The van der Waals surface area contributed by atoms with Gasteiger partial charge in [0.2, 0.25) is 0 Å². The van der Waals surface area contributed by atoms with Gasteiger partial charge in [-0.05, 0) is 19.1 Å². The maximum atomic E-state index is 13.4. The zero-order chi connectivity index (χ0) is 13.1. The van der Waals surface area contributed by atoms with Gasteiger partial charge in [0.15, 0.2) is 0 Å². The summed E-state index contributed by atoms with van der Waals surface area (Å²) >= 11 is 1.41. The van der Waals surface area contributed by atoms with Crippen LogP contribution in [0.15, 0.2) is 23.7 Å². The first-order valence-corrected chi connectivity index (χ1v) is 6.12. The van der Waals surface area contributed by atoms with Gasteiger partial charge in [0, 0.05) is 4.88 Å². The van der Waals surface area contributed by atoms with Crippen LogP contribution in [0, 0.1) is 12.7 Å². The van der Waals surface area contributed by atoms with Crippen LogP contribution in [0.1, 0.15) is 20.9 Å². The number of hydrogen-bond donors (Lipinski definition) is 2. The highest BCUT2D eigenvalue weighted by atomic mass is 32.1. The Morgan fingerprint density at radius 3 is 2.94 bits per heavy atom. The summed E-state index contributed by atoms with van der Waals surface area (Å²) in [7, 11) is 0. The average molecular weight is 266 g/mol. The molecule has 1 aromatic heterocycles. The molecule has 0 saturated heterocycles. The molecule has 94 valence electrons. The Morgan fingerprint density at radius 1 is 1.56 bits per heavy atom. The molecule has 6 heteroatoms. The third-order valence-corrected chi connectivity index (χ3v) is 3.41. The molecule has 0 spiro atoms. The quantitative estimate of drug-likeness (QED) is 0.895. The number of benzene rings is 1. The van der Waals surface area contributed by atoms with Gasteiger partial charge in [0.05, 0.1) is 17.7 Å². The van der Waals surface area contributed by atoms with Crippen LogP contribution in [0.4, 0.5) is 4.39 Å². The van der Waals surface area contributed by atoms with Crippen molar-refractivity contribution in [2.24, 2.45) is 0 Å². The Bertz CT molecular complexity index is 563. The summed E-state index contributed by atoms with van der Waals surface area (Å²) in [5.74, 6) is -1.75. The molecule has 0 unspecified atom stereocenters. The van der Waals surface area contributed by atoms with Crippen LogP contribution in [-0.4, -0.2) is 16.0 Å². The molecule has 0 aliphatic heterocycles. The second-order valence-electron chi connectivity index (χ2n) is 3.68. The minimum Gasteiger partial charge on any atom is -0.507 e. The van der Waals surface area contributed by atoms with Crippen molar-refractivity contribution in [3.8, 4) is 5.75 Å². The van der Waals surface area contributed by atoms with Gasteiger partial charge in [0.1, 0.15) is 17.1 Å². The molecule has 0 atom stereocenters. The van der Waals surface area contributed by atoms with E-state index in [1.165, 1.54) is 23.5 Å². The van der Waals surface area contributed by atoms with E-state index in [2.05, 4.69) is 10.3 Å². The van der Waals surface area contributed by atoms with E-state index in [-0.39, 0.29) is 17.9 Å². The van der Waals surface area contributed by atoms with E-state index < -0.39 is 11.7 Å². The van der Waals surface area contributed by atoms with Crippen molar-refractivity contribution in [2.75, 3.05) is 0 Å². The molecular formula is C12H11FN2O2S. The Kier molecular flexibility index (Phi) is 3.57. The van der Waals surface area contributed by atoms with Crippen LogP contribution in [0.5, 0.6) is 5.75 Å². The first-order chi connectivity index (χ1) is 8.59. The van der Waals surface area contributed by atoms with Gasteiger partial charge >= 0.3 is 0 Å². The third kappa shape index (κ3) is 2.48. The number of carbonyl (C=O) groups is 1. The van der Waals surface area contributed by atoms with Crippen LogP contribution in [0.25, 0.3) is 0 Å².